The number of benzene rings is 2. The van der Waals surface area contributed by atoms with Crippen LogP contribution in [0.25, 0.3) is 10.9 Å². The number of halogens is 2. The first-order chi connectivity index (χ1) is 16.4. The summed E-state index contributed by atoms with van der Waals surface area (Å²) in [7, 11) is 2.90. The third-order valence-corrected chi connectivity index (χ3v) is 6.41. The van der Waals surface area contributed by atoms with Crippen molar-refractivity contribution in [1.29, 1.82) is 0 Å². The summed E-state index contributed by atoms with van der Waals surface area (Å²) in [5.74, 6) is 0.563. The van der Waals surface area contributed by atoms with E-state index >= 15 is 0 Å². The van der Waals surface area contributed by atoms with Gasteiger partial charge in [0, 0.05) is 11.5 Å². The van der Waals surface area contributed by atoms with Gasteiger partial charge < -0.3 is 25.3 Å². The number of nitrogens with zero attached hydrogens (tertiary/aromatic N) is 2. The molecule has 1 fully saturated rings. The molecule has 1 saturated carbocycles. The van der Waals surface area contributed by atoms with Crippen LogP contribution in [0.4, 0.5) is 15.9 Å². The molecule has 0 saturated heterocycles. The highest BCUT2D eigenvalue weighted by molar-refractivity contribution is 6.31. The fourth-order valence-electron chi connectivity index (χ4n) is 4.22. The van der Waals surface area contributed by atoms with Crippen molar-refractivity contribution in [3.63, 3.8) is 0 Å². The molecule has 4 rings (SSSR count). The Kier molecular flexibility index (Phi) is 7.33. The Morgan fingerprint density at radius 1 is 1.18 bits per heavy atom. The fraction of sp³-hybridized carbons (Fsp3) is 0.375. The zero-order chi connectivity index (χ0) is 24.2. The van der Waals surface area contributed by atoms with Crippen LogP contribution in [0.3, 0.4) is 0 Å². The SMILES string of the molecule is COC(=O)[C@H](N)[C@H]1CC[C@H](Oc2cc3c(Nc4cccc(Cl)c4F)ncnc3cc2OC)CC1. The Balaban J connectivity index is 1.57. The Morgan fingerprint density at radius 3 is 2.65 bits per heavy atom. The van der Waals surface area contributed by atoms with Crippen molar-refractivity contribution in [3.05, 3.63) is 47.5 Å². The number of anilines is 2. The van der Waals surface area contributed by atoms with E-state index in [-0.39, 0.29) is 22.7 Å². The van der Waals surface area contributed by atoms with E-state index in [2.05, 4.69) is 15.3 Å². The van der Waals surface area contributed by atoms with Gasteiger partial charge in [-0.15, -0.1) is 0 Å². The Morgan fingerprint density at radius 2 is 1.94 bits per heavy atom. The first-order valence-electron chi connectivity index (χ1n) is 10.9. The number of carbonyl (C=O) groups excluding carboxylic acids is 1. The maximum Gasteiger partial charge on any atom is 0.322 e. The zero-order valence-corrected chi connectivity index (χ0v) is 19.6. The summed E-state index contributed by atoms with van der Waals surface area (Å²) in [6.07, 6.45) is 4.29. The molecule has 0 bridgehead atoms. The van der Waals surface area contributed by atoms with Gasteiger partial charge in [-0.1, -0.05) is 17.7 Å². The molecule has 8 nitrogen and oxygen atoms in total. The summed E-state index contributed by atoms with van der Waals surface area (Å²) >= 11 is 5.91. The lowest BCUT2D eigenvalue weighted by Crippen LogP contribution is -2.41. The molecule has 1 aliphatic carbocycles. The van der Waals surface area contributed by atoms with Crippen LogP contribution >= 0.6 is 11.6 Å². The van der Waals surface area contributed by atoms with E-state index in [0.29, 0.717) is 28.2 Å². The Labute approximate surface area is 201 Å². The van der Waals surface area contributed by atoms with Crippen molar-refractivity contribution < 1.29 is 23.4 Å². The summed E-state index contributed by atoms with van der Waals surface area (Å²) in [5, 5.41) is 3.64. The van der Waals surface area contributed by atoms with E-state index in [1.807, 2.05) is 0 Å². The third kappa shape index (κ3) is 5.00. The largest absolute Gasteiger partial charge is 0.493 e. The maximum atomic E-state index is 14.4. The number of hydrogen-bond acceptors (Lipinski definition) is 8. The summed E-state index contributed by atoms with van der Waals surface area (Å²) in [6.45, 7) is 0. The number of methoxy groups -OCH3 is 2. The minimum atomic E-state index is -0.626. The van der Waals surface area contributed by atoms with E-state index in [0.717, 1.165) is 25.7 Å². The van der Waals surface area contributed by atoms with E-state index in [1.54, 1.807) is 31.4 Å². The average Bonchev–Trinajstić information content (AvgIpc) is 2.86. The predicted octanol–water partition coefficient (Wildman–Crippen LogP) is 4.61. The fourth-order valence-corrected chi connectivity index (χ4v) is 4.39. The van der Waals surface area contributed by atoms with Crippen LogP contribution in [0.15, 0.2) is 36.7 Å². The highest BCUT2D eigenvalue weighted by Crippen LogP contribution is 2.38. The van der Waals surface area contributed by atoms with E-state index in [4.69, 9.17) is 31.5 Å². The molecule has 1 heterocycles. The third-order valence-electron chi connectivity index (χ3n) is 6.12. The molecule has 180 valence electrons. The molecule has 0 unspecified atom stereocenters. The highest BCUT2D eigenvalue weighted by atomic mass is 35.5. The van der Waals surface area contributed by atoms with Gasteiger partial charge in [-0.2, -0.15) is 0 Å². The normalized spacial score (nSPS) is 18.9. The van der Waals surface area contributed by atoms with Gasteiger partial charge in [0.1, 0.15) is 18.2 Å². The number of rotatable bonds is 7. The zero-order valence-electron chi connectivity index (χ0n) is 18.9. The molecule has 10 heteroatoms. The van der Waals surface area contributed by atoms with Gasteiger partial charge in [0.25, 0.3) is 0 Å². The molecular weight excluding hydrogens is 463 g/mol. The lowest BCUT2D eigenvalue weighted by molar-refractivity contribution is -0.144. The van der Waals surface area contributed by atoms with Gasteiger partial charge in [0.2, 0.25) is 0 Å². The summed E-state index contributed by atoms with van der Waals surface area (Å²) in [4.78, 5) is 20.3. The molecule has 2 aromatic carbocycles. The van der Waals surface area contributed by atoms with Crippen molar-refractivity contribution in [2.24, 2.45) is 11.7 Å². The topological polar surface area (TPSA) is 109 Å². The van der Waals surface area contributed by atoms with Crippen LogP contribution in [0.2, 0.25) is 5.02 Å². The van der Waals surface area contributed by atoms with Gasteiger partial charge >= 0.3 is 5.97 Å². The number of esters is 1. The standard InChI is InChI=1S/C24H26ClFN4O4/c1-32-19-11-18-15(23(29-12-28-18)30-17-5-3-4-16(25)21(17)26)10-20(19)34-14-8-6-13(7-9-14)22(27)24(31)33-2/h3-5,10-14,22H,6-9,27H2,1-2H3,(H,28,29,30)/t13-,14-,22-/m1/s1. The van der Waals surface area contributed by atoms with Gasteiger partial charge in [0.05, 0.1) is 36.6 Å². The number of aromatic nitrogens is 2. The minimum absolute atomic E-state index is 0.0107. The monoisotopic (exact) mass is 488 g/mol. The second-order valence-electron chi connectivity index (χ2n) is 8.17. The van der Waals surface area contributed by atoms with Gasteiger partial charge in [-0.05, 0) is 49.8 Å². The minimum Gasteiger partial charge on any atom is -0.493 e. The van der Waals surface area contributed by atoms with E-state index in [1.165, 1.54) is 19.5 Å². The first kappa shape index (κ1) is 24.0. The quantitative estimate of drug-likeness (QED) is 0.464. The van der Waals surface area contributed by atoms with Gasteiger partial charge in [-0.25, -0.2) is 14.4 Å². The summed E-state index contributed by atoms with van der Waals surface area (Å²) in [5.41, 5.74) is 6.83. The van der Waals surface area contributed by atoms with Crippen molar-refractivity contribution in [3.8, 4) is 11.5 Å². The van der Waals surface area contributed by atoms with Gasteiger partial charge in [0.15, 0.2) is 17.3 Å². The molecule has 0 aliphatic heterocycles. The molecule has 1 atom stereocenters. The average molecular weight is 489 g/mol. The number of nitrogens with one attached hydrogen (secondary N) is 1. The second-order valence-corrected chi connectivity index (χ2v) is 8.58. The molecule has 3 N–H and O–H groups in total. The lowest BCUT2D eigenvalue weighted by Gasteiger charge is -2.31. The number of ether oxygens (including phenoxy) is 3. The van der Waals surface area contributed by atoms with Crippen LogP contribution in [0.1, 0.15) is 25.7 Å². The van der Waals surface area contributed by atoms with Crippen molar-refractivity contribution in [2.45, 2.75) is 37.8 Å². The van der Waals surface area contributed by atoms with E-state index in [9.17, 15) is 9.18 Å². The van der Waals surface area contributed by atoms with Crippen molar-refractivity contribution in [2.75, 3.05) is 19.5 Å². The van der Waals surface area contributed by atoms with Crippen LogP contribution in [0.5, 0.6) is 11.5 Å². The van der Waals surface area contributed by atoms with Gasteiger partial charge in [-0.3, -0.25) is 4.79 Å². The molecule has 1 aromatic heterocycles. The predicted molar refractivity (Wildman–Crippen MR) is 127 cm³/mol. The number of hydrogen-bond donors (Lipinski definition) is 2. The highest BCUT2D eigenvalue weighted by Gasteiger charge is 2.31. The molecule has 0 amide bonds. The van der Waals surface area contributed by atoms with Crippen LogP contribution in [-0.2, 0) is 9.53 Å². The summed E-state index contributed by atoms with van der Waals surface area (Å²) in [6, 6.07) is 7.61. The first-order valence-corrected chi connectivity index (χ1v) is 11.3. The van der Waals surface area contributed by atoms with E-state index < -0.39 is 17.8 Å². The molecule has 0 radical (unpaired) electrons. The maximum absolute atomic E-state index is 14.4. The molecule has 1 aliphatic rings. The number of fused-ring (bicyclic) bond motifs is 1. The second kappa shape index (κ2) is 10.4. The molecule has 34 heavy (non-hydrogen) atoms. The van der Waals surface area contributed by atoms with Crippen molar-refractivity contribution >= 4 is 40.0 Å². The number of nitrogens with two attached hydrogens (primary N) is 1. The Bertz CT molecular complexity index is 1190. The summed E-state index contributed by atoms with van der Waals surface area (Å²) < 4.78 is 31.0. The molecule has 3 aromatic rings. The number of carbonyl (C=O) groups is 1. The smallest absolute Gasteiger partial charge is 0.322 e. The van der Waals surface area contributed by atoms with Crippen LogP contribution in [-0.4, -0.2) is 42.3 Å². The van der Waals surface area contributed by atoms with Crippen LogP contribution in [0, 0.1) is 11.7 Å². The van der Waals surface area contributed by atoms with Crippen LogP contribution < -0.4 is 20.5 Å². The molecule has 0 spiro atoms. The Hall–Kier alpha value is -3.17. The molecular formula is C24H26ClFN4O4. The lowest BCUT2D eigenvalue weighted by atomic mass is 9.83. The van der Waals surface area contributed by atoms with Crippen molar-refractivity contribution in [1.82, 2.24) is 9.97 Å².